The second-order valence-electron chi connectivity index (χ2n) is 12.9. The van der Waals surface area contributed by atoms with Crippen LogP contribution in [0, 0.1) is 17.2 Å². The summed E-state index contributed by atoms with van der Waals surface area (Å²) in [5.41, 5.74) is 8.68. The van der Waals surface area contributed by atoms with Crippen molar-refractivity contribution in [3.8, 4) is 17.6 Å². The van der Waals surface area contributed by atoms with Gasteiger partial charge in [-0.2, -0.15) is 5.26 Å². The summed E-state index contributed by atoms with van der Waals surface area (Å²) in [4.78, 5) is 14.3. The molecule has 2 aromatic heterocycles. The Kier molecular flexibility index (Phi) is 6.73. The highest BCUT2D eigenvalue weighted by Crippen LogP contribution is 2.45. The molecule has 3 aromatic rings. The van der Waals surface area contributed by atoms with Gasteiger partial charge in [-0.15, -0.1) is 0 Å². The summed E-state index contributed by atoms with van der Waals surface area (Å²) in [5, 5.41) is 40.6. The Hall–Kier alpha value is -4.37. The van der Waals surface area contributed by atoms with Gasteiger partial charge in [0, 0.05) is 24.4 Å². The highest BCUT2D eigenvalue weighted by molar-refractivity contribution is 5.76. The lowest BCUT2D eigenvalue weighted by atomic mass is 9.76. The van der Waals surface area contributed by atoms with E-state index in [-0.39, 0.29) is 22.9 Å². The Bertz CT molecular complexity index is 1600. The number of hydrogen-bond donors (Lipinski definition) is 7. The van der Waals surface area contributed by atoms with Gasteiger partial charge in [0.1, 0.15) is 11.6 Å². The number of furan rings is 1. The number of aryl methyl sites for hydroxylation is 1. The standard InChI is InChI=1S/C30H39N9O3/c1-29(2,13-31)17-6-7-19-20(11-17)37-22(36-19)8-5-16-9-18(10-16)38-30(3,4)12-21-24(40)25(41)28(42-21)39-15-35-23-26(32)33-14-34-27(23)39/h6-7,11,14,16,18,27,35,38,40-41H,5,8-10,12,15,32H2,1-4H3,(H,33,34)(H,36,37)/t16?,18?,27-/m1/s1. The molecule has 4 heterocycles. The minimum atomic E-state index is -0.538. The third-order valence-electron chi connectivity index (χ3n) is 8.65. The first kappa shape index (κ1) is 27.8. The number of nitrogens with zero attached hydrogens (tertiary/aromatic N) is 4. The zero-order valence-corrected chi connectivity index (χ0v) is 24.5. The van der Waals surface area contributed by atoms with E-state index in [4.69, 9.17) is 15.1 Å². The number of imidazole rings is 1. The molecule has 12 heteroatoms. The van der Waals surface area contributed by atoms with E-state index in [2.05, 4.69) is 45.8 Å². The summed E-state index contributed by atoms with van der Waals surface area (Å²) in [5.74, 6) is 1.99. The Morgan fingerprint density at radius 1 is 1.21 bits per heavy atom. The number of nitrogens with one attached hydrogen (secondary N) is 4. The largest absolute Gasteiger partial charge is 0.502 e. The number of nitrogens with two attached hydrogens (primary N) is 1. The van der Waals surface area contributed by atoms with Crippen LogP contribution in [-0.4, -0.2) is 50.9 Å². The van der Waals surface area contributed by atoms with Gasteiger partial charge in [-0.1, -0.05) is 6.07 Å². The molecule has 0 radical (unpaired) electrons. The Morgan fingerprint density at radius 2 is 2.00 bits per heavy atom. The van der Waals surface area contributed by atoms with Crippen LogP contribution in [0.15, 0.2) is 39.1 Å². The van der Waals surface area contributed by atoms with Gasteiger partial charge >= 0.3 is 0 Å². The molecule has 8 N–H and O–H groups in total. The smallest absolute Gasteiger partial charge is 0.245 e. The number of fused-ring (bicyclic) bond motifs is 2. The zero-order chi connectivity index (χ0) is 29.8. The molecular formula is C30H39N9O3. The summed E-state index contributed by atoms with van der Waals surface area (Å²) in [6.45, 7) is 8.33. The van der Waals surface area contributed by atoms with E-state index in [1.54, 1.807) is 4.90 Å². The van der Waals surface area contributed by atoms with Crippen LogP contribution in [0.3, 0.4) is 0 Å². The first-order valence-corrected chi connectivity index (χ1v) is 14.4. The van der Waals surface area contributed by atoms with Gasteiger partial charge in [0.05, 0.1) is 41.2 Å². The summed E-state index contributed by atoms with van der Waals surface area (Å²) >= 11 is 0. The third-order valence-corrected chi connectivity index (χ3v) is 8.65. The van der Waals surface area contributed by atoms with E-state index in [0.29, 0.717) is 42.3 Å². The van der Waals surface area contributed by atoms with Crippen molar-refractivity contribution in [3.63, 3.8) is 0 Å². The number of hydrogen-bond acceptors (Lipinski definition) is 11. The van der Waals surface area contributed by atoms with Gasteiger partial charge in [0.25, 0.3) is 0 Å². The van der Waals surface area contributed by atoms with Crippen molar-refractivity contribution < 1.29 is 14.6 Å². The molecule has 1 aromatic carbocycles. The second kappa shape index (κ2) is 10.2. The van der Waals surface area contributed by atoms with Gasteiger partial charge < -0.3 is 41.3 Å². The van der Waals surface area contributed by atoms with Crippen molar-refractivity contribution >= 4 is 23.3 Å². The SMILES string of the molecule is CC(C)(Cc1oc(N2CNC3=C(N)NC=N[C@@H]32)c(O)c1O)NC1CC(CCc2nc3ccc(C(C)(C)C#N)cc3[nH]2)C1. The molecule has 222 valence electrons. The number of aromatic nitrogens is 2. The average Bonchev–Trinajstić information content (AvgIpc) is 3.61. The van der Waals surface area contributed by atoms with E-state index < -0.39 is 11.6 Å². The molecule has 2 fully saturated rings. The van der Waals surface area contributed by atoms with Crippen molar-refractivity contribution in [2.75, 3.05) is 11.6 Å². The lowest BCUT2D eigenvalue weighted by Gasteiger charge is -2.41. The van der Waals surface area contributed by atoms with E-state index in [1.807, 2.05) is 32.0 Å². The van der Waals surface area contributed by atoms with Crippen molar-refractivity contribution in [3.05, 3.63) is 46.9 Å². The molecule has 3 aliphatic rings. The quantitative estimate of drug-likeness (QED) is 0.201. The van der Waals surface area contributed by atoms with E-state index in [1.165, 1.54) is 6.34 Å². The maximum absolute atomic E-state index is 10.7. The molecule has 0 unspecified atom stereocenters. The molecule has 0 spiro atoms. The predicted octanol–water partition coefficient (Wildman–Crippen LogP) is 3.14. The lowest BCUT2D eigenvalue weighted by Crippen LogP contribution is -2.52. The van der Waals surface area contributed by atoms with Crippen LogP contribution in [0.5, 0.6) is 11.5 Å². The second-order valence-corrected chi connectivity index (χ2v) is 12.9. The number of benzene rings is 1. The van der Waals surface area contributed by atoms with Gasteiger partial charge in [-0.3, -0.25) is 4.90 Å². The molecule has 42 heavy (non-hydrogen) atoms. The number of aliphatic imine (C=N–C) groups is 1. The number of nitriles is 1. The molecule has 0 bridgehead atoms. The monoisotopic (exact) mass is 573 g/mol. The molecule has 1 aliphatic carbocycles. The fourth-order valence-electron chi connectivity index (χ4n) is 6.16. The molecule has 0 amide bonds. The number of aromatic hydroxyl groups is 2. The summed E-state index contributed by atoms with van der Waals surface area (Å²) in [6.07, 6.45) is 5.51. The van der Waals surface area contributed by atoms with Crippen molar-refractivity contribution in [2.45, 2.75) is 83.0 Å². The van der Waals surface area contributed by atoms with Crippen LogP contribution in [0.4, 0.5) is 5.88 Å². The van der Waals surface area contributed by atoms with Gasteiger partial charge in [-0.05, 0) is 70.6 Å². The fourth-order valence-corrected chi connectivity index (χ4v) is 6.16. The highest BCUT2D eigenvalue weighted by atomic mass is 16.4. The Morgan fingerprint density at radius 3 is 2.76 bits per heavy atom. The van der Waals surface area contributed by atoms with Gasteiger partial charge in [-0.25, -0.2) is 9.98 Å². The minimum absolute atomic E-state index is 0.164. The first-order valence-electron chi connectivity index (χ1n) is 14.4. The average molecular weight is 574 g/mol. The molecule has 2 aliphatic heterocycles. The van der Waals surface area contributed by atoms with Gasteiger partial charge in [0.15, 0.2) is 11.9 Å². The van der Waals surface area contributed by atoms with Crippen LogP contribution in [0.2, 0.25) is 0 Å². The van der Waals surface area contributed by atoms with Gasteiger partial charge in [0.2, 0.25) is 17.4 Å². The molecule has 1 saturated heterocycles. The predicted molar refractivity (Wildman–Crippen MR) is 160 cm³/mol. The molecule has 1 atom stereocenters. The number of rotatable bonds is 9. The summed E-state index contributed by atoms with van der Waals surface area (Å²) in [6, 6.07) is 8.74. The highest BCUT2D eigenvalue weighted by Gasteiger charge is 2.39. The maximum Gasteiger partial charge on any atom is 0.245 e. The fraction of sp³-hybridized carbons (Fsp3) is 0.500. The minimum Gasteiger partial charge on any atom is -0.502 e. The summed E-state index contributed by atoms with van der Waals surface area (Å²) < 4.78 is 6.01. The maximum atomic E-state index is 10.7. The van der Waals surface area contributed by atoms with E-state index >= 15 is 0 Å². The molecule has 6 rings (SSSR count). The normalized spacial score (nSPS) is 22.1. The van der Waals surface area contributed by atoms with E-state index in [9.17, 15) is 15.5 Å². The van der Waals surface area contributed by atoms with Crippen molar-refractivity contribution in [1.29, 1.82) is 5.26 Å². The number of aromatic amines is 1. The number of anilines is 1. The lowest BCUT2D eigenvalue weighted by molar-refractivity contribution is 0.166. The first-order chi connectivity index (χ1) is 19.9. The number of H-pyrrole nitrogens is 1. The van der Waals surface area contributed by atoms with Crippen LogP contribution < -0.4 is 26.6 Å². The Labute approximate surface area is 244 Å². The Balaban J connectivity index is 1.02. The molecule has 1 saturated carbocycles. The van der Waals surface area contributed by atoms with E-state index in [0.717, 1.165) is 48.1 Å². The van der Waals surface area contributed by atoms with Crippen LogP contribution in [-0.2, 0) is 18.3 Å². The van der Waals surface area contributed by atoms with Crippen LogP contribution >= 0.6 is 0 Å². The molecular weight excluding hydrogens is 534 g/mol. The zero-order valence-electron chi connectivity index (χ0n) is 24.5. The van der Waals surface area contributed by atoms with Crippen molar-refractivity contribution in [2.24, 2.45) is 16.6 Å². The van der Waals surface area contributed by atoms with Crippen molar-refractivity contribution in [1.82, 2.24) is 25.9 Å². The third kappa shape index (κ3) is 5.09. The molecule has 12 nitrogen and oxygen atoms in total. The van der Waals surface area contributed by atoms with Crippen LogP contribution in [0.1, 0.15) is 64.1 Å². The van der Waals surface area contributed by atoms with Crippen LogP contribution in [0.25, 0.3) is 11.0 Å². The summed E-state index contributed by atoms with van der Waals surface area (Å²) in [7, 11) is 0. The topological polar surface area (TPSA) is 184 Å².